The van der Waals surface area contributed by atoms with E-state index in [9.17, 15) is 4.79 Å². The SMILES string of the molecule is COCc1n[nH]c(C)c1-c1cccc(C(=O)NC(C)c2nnc(N)s2)c1. The number of ether oxygens (including phenoxy) is 1. The molecule has 1 aromatic carbocycles. The van der Waals surface area contributed by atoms with E-state index in [0.29, 0.717) is 22.3 Å². The van der Waals surface area contributed by atoms with Gasteiger partial charge in [0.25, 0.3) is 5.91 Å². The fourth-order valence-electron chi connectivity index (χ4n) is 2.68. The number of methoxy groups -OCH3 is 1. The summed E-state index contributed by atoms with van der Waals surface area (Å²) >= 11 is 1.26. The van der Waals surface area contributed by atoms with Gasteiger partial charge in [0.1, 0.15) is 5.01 Å². The van der Waals surface area contributed by atoms with E-state index in [1.54, 1.807) is 13.2 Å². The Morgan fingerprint density at radius 3 is 2.92 bits per heavy atom. The van der Waals surface area contributed by atoms with Gasteiger partial charge in [0.15, 0.2) is 0 Å². The molecule has 0 radical (unpaired) electrons. The summed E-state index contributed by atoms with van der Waals surface area (Å²) in [6, 6.07) is 7.13. The van der Waals surface area contributed by atoms with Gasteiger partial charge < -0.3 is 15.8 Å². The number of carbonyl (C=O) groups is 1. The summed E-state index contributed by atoms with van der Waals surface area (Å²) in [5.74, 6) is -0.192. The van der Waals surface area contributed by atoms with E-state index in [4.69, 9.17) is 10.5 Å². The normalized spacial score (nSPS) is 12.1. The number of nitrogens with two attached hydrogens (primary N) is 1. The van der Waals surface area contributed by atoms with Crippen molar-refractivity contribution in [2.75, 3.05) is 12.8 Å². The minimum atomic E-state index is -0.277. The van der Waals surface area contributed by atoms with Gasteiger partial charge >= 0.3 is 0 Å². The molecule has 2 heterocycles. The number of aryl methyl sites for hydroxylation is 1. The summed E-state index contributed by atoms with van der Waals surface area (Å²) in [4.78, 5) is 12.6. The predicted molar refractivity (Wildman–Crippen MR) is 99.7 cm³/mol. The number of hydrogen-bond acceptors (Lipinski definition) is 7. The van der Waals surface area contributed by atoms with Crippen molar-refractivity contribution in [3.8, 4) is 11.1 Å². The largest absolute Gasteiger partial charge is 0.378 e. The summed E-state index contributed by atoms with van der Waals surface area (Å²) in [5.41, 5.74) is 9.74. The first-order valence-corrected chi connectivity index (χ1v) is 8.84. The van der Waals surface area contributed by atoms with Gasteiger partial charge in [0, 0.05) is 23.9 Å². The van der Waals surface area contributed by atoms with Crippen LogP contribution >= 0.6 is 11.3 Å². The number of nitrogens with zero attached hydrogens (tertiary/aromatic N) is 3. The van der Waals surface area contributed by atoms with Crippen molar-refractivity contribution in [3.05, 3.63) is 46.2 Å². The molecule has 26 heavy (non-hydrogen) atoms. The maximum Gasteiger partial charge on any atom is 0.251 e. The number of carbonyl (C=O) groups excluding carboxylic acids is 1. The smallest absolute Gasteiger partial charge is 0.251 e. The molecule has 1 amide bonds. The molecule has 0 spiro atoms. The van der Waals surface area contributed by atoms with Crippen LogP contribution in [0.3, 0.4) is 0 Å². The Labute approximate surface area is 154 Å². The molecule has 136 valence electrons. The van der Waals surface area contributed by atoms with Crippen LogP contribution in [-0.4, -0.2) is 33.4 Å². The highest BCUT2D eigenvalue weighted by Gasteiger charge is 2.17. The lowest BCUT2D eigenvalue weighted by Crippen LogP contribution is -2.26. The molecule has 0 aliphatic heterocycles. The molecule has 0 fully saturated rings. The van der Waals surface area contributed by atoms with Crippen LogP contribution in [-0.2, 0) is 11.3 Å². The molecule has 3 aromatic rings. The number of aromatic amines is 1. The van der Waals surface area contributed by atoms with Crippen LogP contribution in [0.2, 0.25) is 0 Å². The fourth-order valence-corrected chi connectivity index (χ4v) is 3.30. The molecule has 8 nitrogen and oxygen atoms in total. The molecule has 0 saturated carbocycles. The van der Waals surface area contributed by atoms with E-state index in [1.807, 2.05) is 32.0 Å². The third kappa shape index (κ3) is 3.73. The zero-order valence-corrected chi connectivity index (χ0v) is 15.6. The fraction of sp³-hybridized carbons (Fsp3) is 0.294. The van der Waals surface area contributed by atoms with E-state index in [-0.39, 0.29) is 11.9 Å². The molecule has 1 atom stereocenters. The number of nitrogen functional groups attached to an aromatic ring is 1. The molecule has 3 rings (SSSR count). The minimum absolute atomic E-state index is 0.192. The minimum Gasteiger partial charge on any atom is -0.378 e. The number of H-pyrrole nitrogens is 1. The molecule has 2 aromatic heterocycles. The third-order valence-corrected chi connectivity index (χ3v) is 4.83. The van der Waals surface area contributed by atoms with Gasteiger partial charge in [-0.1, -0.05) is 23.5 Å². The van der Waals surface area contributed by atoms with E-state index in [0.717, 1.165) is 22.5 Å². The van der Waals surface area contributed by atoms with Crippen LogP contribution in [0, 0.1) is 6.92 Å². The average molecular weight is 372 g/mol. The topological polar surface area (TPSA) is 119 Å². The number of rotatable bonds is 6. The molecular formula is C17H20N6O2S. The zero-order valence-electron chi connectivity index (χ0n) is 14.7. The summed E-state index contributed by atoms with van der Waals surface area (Å²) in [6.07, 6.45) is 0. The maximum atomic E-state index is 12.6. The second-order valence-corrected chi connectivity index (χ2v) is 6.90. The molecule has 0 bridgehead atoms. The van der Waals surface area contributed by atoms with E-state index < -0.39 is 0 Å². The number of aromatic nitrogens is 4. The van der Waals surface area contributed by atoms with Crippen molar-refractivity contribution >= 4 is 22.4 Å². The highest BCUT2D eigenvalue weighted by Crippen LogP contribution is 2.27. The Balaban J connectivity index is 1.83. The number of hydrogen-bond donors (Lipinski definition) is 3. The second kappa shape index (κ2) is 7.63. The molecule has 0 aliphatic carbocycles. The van der Waals surface area contributed by atoms with Gasteiger partial charge in [-0.25, -0.2) is 0 Å². The number of benzene rings is 1. The Morgan fingerprint density at radius 2 is 2.23 bits per heavy atom. The van der Waals surface area contributed by atoms with Gasteiger partial charge in [0.2, 0.25) is 5.13 Å². The van der Waals surface area contributed by atoms with Crippen molar-refractivity contribution < 1.29 is 9.53 Å². The summed E-state index contributed by atoms with van der Waals surface area (Å²) < 4.78 is 5.20. The van der Waals surface area contributed by atoms with Crippen molar-refractivity contribution in [3.63, 3.8) is 0 Å². The van der Waals surface area contributed by atoms with Crippen LogP contribution in [0.25, 0.3) is 11.1 Å². The Hall–Kier alpha value is -2.78. The predicted octanol–water partition coefficient (Wildman–Crippen LogP) is 2.46. The number of nitrogens with one attached hydrogen (secondary N) is 2. The summed E-state index contributed by atoms with van der Waals surface area (Å²) in [7, 11) is 1.62. The zero-order chi connectivity index (χ0) is 18.7. The van der Waals surface area contributed by atoms with Gasteiger partial charge in [-0.05, 0) is 31.5 Å². The molecular weight excluding hydrogens is 352 g/mol. The van der Waals surface area contributed by atoms with Gasteiger partial charge in [0.05, 0.1) is 18.3 Å². The lowest BCUT2D eigenvalue weighted by atomic mass is 10.0. The highest BCUT2D eigenvalue weighted by atomic mass is 32.1. The molecule has 4 N–H and O–H groups in total. The van der Waals surface area contributed by atoms with E-state index in [2.05, 4.69) is 25.7 Å². The van der Waals surface area contributed by atoms with Crippen LogP contribution in [0.1, 0.15) is 39.7 Å². The van der Waals surface area contributed by atoms with Crippen molar-refractivity contribution in [1.82, 2.24) is 25.7 Å². The summed E-state index contributed by atoms with van der Waals surface area (Å²) in [5, 5.41) is 18.9. The van der Waals surface area contributed by atoms with Crippen molar-refractivity contribution in [1.29, 1.82) is 0 Å². The molecule has 0 aliphatic rings. The Bertz CT molecular complexity index is 920. The maximum absolute atomic E-state index is 12.6. The van der Waals surface area contributed by atoms with Gasteiger partial charge in [-0.15, -0.1) is 10.2 Å². The standard InChI is InChI=1S/C17H20N6O2S/c1-9-14(13(8-25-3)21-20-9)11-5-4-6-12(7-11)15(24)19-10(2)16-22-23-17(18)26-16/h4-7,10H,8H2,1-3H3,(H2,18,23)(H,19,24)(H,20,21). The Kier molecular flexibility index (Phi) is 5.29. The average Bonchev–Trinajstić information content (AvgIpc) is 3.21. The number of amides is 1. The van der Waals surface area contributed by atoms with Crippen LogP contribution in [0.15, 0.2) is 24.3 Å². The first-order valence-electron chi connectivity index (χ1n) is 8.02. The lowest BCUT2D eigenvalue weighted by molar-refractivity contribution is 0.0939. The van der Waals surface area contributed by atoms with Crippen molar-refractivity contribution in [2.45, 2.75) is 26.5 Å². The molecule has 1 unspecified atom stereocenters. The monoisotopic (exact) mass is 372 g/mol. The first kappa shape index (κ1) is 18.0. The van der Waals surface area contributed by atoms with Gasteiger partial charge in [-0.2, -0.15) is 5.10 Å². The third-order valence-electron chi connectivity index (χ3n) is 3.89. The first-order chi connectivity index (χ1) is 12.5. The van der Waals surface area contributed by atoms with E-state index >= 15 is 0 Å². The molecule has 0 saturated heterocycles. The van der Waals surface area contributed by atoms with E-state index in [1.165, 1.54) is 11.3 Å². The molecule has 9 heteroatoms. The Morgan fingerprint density at radius 1 is 1.42 bits per heavy atom. The van der Waals surface area contributed by atoms with Crippen LogP contribution < -0.4 is 11.1 Å². The second-order valence-electron chi connectivity index (χ2n) is 5.86. The quantitative estimate of drug-likeness (QED) is 0.611. The number of anilines is 1. The summed E-state index contributed by atoms with van der Waals surface area (Å²) in [6.45, 7) is 4.18. The van der Waals surface area contributed by atoms with Crippen LogP contribution in [0.4, 0.5) is 5.13 Å². The van der Waals surface area contributed by atoms with Crippen LogP contribution in [0.5, 0.6) is 0 Å². The highest BCUT2D eigenvalue weighted by molar-refractivity contribution is 7.15. The van der Waals surface area contributed by atoms with Gasteiger partial charge in [-0.3, -0.25) is 9.89 Å². The lowest BCUT2D eigenvalue weighted by Gasteiger charge is -2.12. The van der Waals surface area contributed by atoms with Crippen molar-refractivity contribution in [2.24, 2.45) is 0 Å².